The fourth-order valence-corrected chi connectivity index (χ4v) is 2.92. The Bertz CT molecular complexity index is 930. The number of rotatable bonds is 4. The molecule has 2 aliphatic heterocycles. The van der Waals surface area contributed by atoms with Gasteiger partial charge in [0.2, 0.25) is 0 Å². The average Bonchev–Trinajstić information content (AvgIpc) is 3.13. The van der Waals surface area contributed by atoms with E-state index in [0.29, 0.717) is 14.2 Å². The van der Waals surface area contributed by atoms with Crippen LogP contribution in [0.3, 0.4) is 0 Å². The van der Waals surface area contributed by atoms with Crippen molar-refractivity contribution in [1.29, 1.82) is 0 Å². The summed E-state index contributed by atoms with van der Waals surface area (Å²) in [5.74, 6) is 4.19. The summed E-state index contributed by atoms with van der Waals surface area (Å²) in [6.45, 7) is 27.9. The van der Waals surface area contributed by atoms with E-state index in [9.17, 15) is 9.59 Å². The maximum absolute atomic E-state index is 11.8. The first kappa shape index (κ1) is 39.8. The van der Waals surface area contributed by atoms with E-state index < -0.39 is 11.2 Å². The van der Waals surface area contributed by atoms with Crippen molar-refractivity contribution >= 4 is 27.0 Å². The monoisotopic (exact) mass is 594 g/mol. The van der Waals surface area contributed by atoms with E-state index in [-0.39, 0.29) is 48.3 Å². The minimum Gasteiger partial charge on any atom is -0.444 e. The Morgan fingerprint density at radius 2 is 1.17 bits per heavy atom. The summed E-state index contributed by atoms with van der Waals surface area (Å²) in [6.07, 6.45) is 6.15. The lowest BCUT2D eigenvalue weighted by atomic mass is 9.90. The highest BCUT2D eigenvalue weighted by atomic mass is 16.7. The number of hydrogen-bond donors (Lipinski definition) is 0. The number of carbonyl (C=O) groups is 2. The minimum atomic E-state index is -0.485. The molecule has 0 atom stereocenters. The van der Waals surface area contributed by atoms with Crippen molar-refractivity contribution in [3.63, 3.8) is 0 Å². The second kappa shape index (κ2) is 15.0. The third kappa shape index (κ3) is 13.9. The Hall–Kier alpha value is -2.19. The average molecular weight is 594 g/mol. The van der Waals surface area contributed by atoms with Crippen molar-refractivity contribution in [3.05, 3.63) is 12.1 Å². The van der Waals surface area contributed by atoms with Crippen molar-refractivity contribution in [2.24, 2.45) is 0 Å². The summed E-state index contributed by atoms with van der Waals surface area (Å²) in [6, 6.07) is 0. The smallest absolute Gasteiger partial charge is 0.444 e. The number of amides is 2. The zero-order chi connectivity index (χ0) is 33.4. The van der Waals surface area contributed by atoms with Gasteiger partial charge in [-0.15, -0.1) is 6.42 Å². The Morgan fingerprint density at radius 1 is 0.786 bits per heavy atom. The number of hydrogen-bond acceptors (Lipinski definition) is 8. The number of carbonyl (C=O) groups excluding carboxylic acids is 2. The van der Waals surface area contributed by atoms with Crippen LogP contribution in [0.4, 0.5) is 9.59 Å². The Labute approximate surface area is 256 Å². The zero-order valence-electron chi connectivity index (χ0n) is 29.1. The second-order valence-corrected chi connectivity index (χ2v) is 14.4. The molecule has 42 heavy (non-hydrogen) atoms. The van der Waals surface area contributed by atoms with Crippen LogP contribution >= 0.6 is 0 Å². The van der Waals surface area contributed by atoms with E-state index in [0.717, 1.165) is 0 Å². The van der Waals surface area contributed by atoms with Gasteiger partial charge in [0, 0.05) is 20.6 Å². The van der Waals surface area contributed by atoms with Crippen LogP contribution in [0, 0.1) is 12.3 Å². The lowest BCUT2D eigenvalue weighted by Gasteiger charge is -2.32. The molecule has 10 nitrogen and oxygen atoms in total. The van der Waals surface area contributed by atoms with E-state index >= 15 is 0 Å². The van der Waals surface area contributed by atoms with Crippen molar-refractivity contribution in [1.82, 2.24) is 9.80 Å². The van der Waals surface area contributed by atoms with E-state index in [1.807, 2.05) is 109 Å². The van der Waals surface area contributed by atoms with Crippen LogP contribution in [0.25, 0.3) is 0 Å². The molecule has 0 aromatic heterocycles. The van der Waals surface area contributed by atoms with E-state index in [4.69, 9.17) is 34.5 Å². The molecule has 0 aromatic carbocycles. The molecule has 2 aliphatic rings. The molecule has 2 amide bonds. The van der Waals surface area contributed by atoms with E-state index in [1.165, 1.54) is 9.80 Å². The fourth-order valence-electron chi connectivity index (χ4n) is 2.92. The van der Waals surface area contributed by atoms with Gasteiger partial charge in [0.15, 0.2) is 0 Å². The molecule has 0 unspecified atom stereocenters. The first-order chi connectivity index (χ1) is 18.7. The van der Waals surface area contributed by atoms with Crippen molar-refractivity contribution in [2.75, 3.05) is 27.2 Å². The van der Waals surface area contributed by atoms with E-state index in [1.54, 1.807) is 14.1 Å². The van der Waals surface area contributed by atoms with Gasteiger partial charge in [0.1, 0.15) is 11.2 Å². The molecule has 0 radical (unpaired) electrons. The van der Waals surface area contributed by atoms with Crippen LogP contribution in [0.15, 0.2) is 12.1 Å². The maximum atomic E-state index is 11.8. The van der Waals surface area contributed by atoms with Crippen LogP contribution in [0.1, 0.15) is 96.9 Å². The molecule has 240 valence electrons. The SMILES string of the molecule is C#CCN(C)C(=O)OC(C)(C)C.CC1(C)OBOC1(C)C.CN(C/C=C/B1OC(C)(C)C(C)(C)O1)C(=O)OC(C)(C)C. The molecule has 0 aromatic rings. The third-order valence-corrected chi connectivity index (χ3v) is 6.97. The van der Waals surface area contributed by atoms with Gasteiger partial charge in [0.05, 0.1) is 28.9 Å². The molecule has 12 heteroatoms. The Kier molecular flexibility index (Phi) is 14.2. The number of ether oxygens (including phenoxy) is 2. The van der Waals surface area contributed by atoms with E-state index in [2.05, 4.69) is 5.92 Å². The lowest BCUT2D eigenvalue weighted by Crippen LogP contribution is -2.41. The van der Waals surface area contributed by atoms with Crippen LogP contribution < -0.4 is 0 Å². The van der Waals surface area contributed by atoms with Gasteiger partial charge in [-0.1, -0.05) is 18.0 Å². The Morgan fingerprint density at radius 3 is 1.48 bits per heavy atom. The van der Waals surface area contributed by atoms with Crippen LogP contribution in [0.2, 0.25) is 0 Å². The summed E-state index contributed by atoms with van der Waals surface area (Å²) < 4.78 is 32.7. The quantitative estimate of drug-likeness (QED) is 0.316. The molecule has 2 rings (SSSR count). The van der Waals surface area contributed by atoms with Crippen LogP contribution in [-0.4, -0.2) is 97.6 Å². The molecule has 0 bridgehead atoms. The van der Waals surface area contributed by atoms with Crippen molar-refractivity contribution in [3.8, 4) is 12.3 Å². The highest BCUT2D eigenvalue weighted by molar-refractivity contribution is 6.51. The minimum absolute atomic E-state index is 0.132. The Balaban J connectivity index is 0.000000672. The molecule has 0 N–H and O–H groups in total. The number of likely N-dealkylation sites (N-methyl/N-ethyl adjacent to an activating group) is 1. The number of nitrogens with zero attached hydrogens (tertiary/aromatic N) is 2. The van der Waals surface area contributed by atoms with Crippen molar-refractivity contribution in [2.45, 2.75) is 131 Å². The highest BCUT2D eigenvalue weighted by Gasteiger charge is 2.50. The molecule has 2 saturated heterocycles. The molecule has 2 heterocycles. The number of terminal acetylenes is 1. The van der Waals surface area contributed by atoms with Gasteiger partial charge in [-0.25, -0.2) is 9.59 Å². The second-order valence-electron chi connectivity index (χ2n) is 14.4. The van der Waals surface area contributed by atoms with Gasteiger partial charge < -0.3 is 37.9 Å². The first-order valence-corrected chi connectivity index (χ1v) is 14.3. The van der Waals surface area contributed by atoms with Crippen LogP contribution in [-0.2, 0) is 28.1 Å². The molecular formula is C30H56B2N2O8. The predicted octanol–water partition coefficient (Wildman–Crippen LogP) is 5.38. The summed E-state index contributed by atoms with van der Waals surface area (Å²) in [4.78, 5) is 25.8. The first-order valence-electron chi connectivity index (χ1n) is 14.3. The predicted molar refractivity (Wildman–Crippen MR) is 169 cm³/mol. The molecule has 0 spiro atoms. The molecular weight excluding hydrogens is 538 g/mol. The zero-order valence-corrected chi connectivity index (χ0v) is 29.1. The fraction of sp³-hybridized carbons (Fsp3) is 0.800. The summed E-state index contributed by atoms with van der Waals surface area (Å²) in [5, 5.41) is 0. The summed E-state index contributed by atoms with van der Waals surface area (Å²) in [5.41, 5.74) is -1.90. The maximum Gasteiger partial charge on any atom is 0.486 e. The van der Waals surface area contributed by atoms with Gasteiger partial charge in [-0.2, -0.15) is 0 Å². The lowest BCUT2D eigenvalue weighted by molar-refractivity contribution is 0.00578. The van der Waals surface area contributed by atoms with Crippen molar-refractivity contribution < 1.29 is 37.7 Å². The van der Waals surface area contributed by atoms with Gasteiger partial charge in [-0.3, -0.25) is 0 Å². The topological polar surface area (TPSA) is 96.0 Å². The molecule has 2 fully saturated rings. The van der Waals surface area contributed by atoms with Gasteiger partial charge in [-0.05, 0) is 96.9 Å². The summed E-state index contributed by atoms with van der Waals surface area (Å²) in [7, 11) is 3.35. The standard InChI is InChI=1S/C15H28BNO4.C9H15NO2.C6H13BO2/c1-13(2,3)19-12(18)17(8)11-9-10-16-20-14(4,5)15(6,7)21-16;1-6-7-10(5)8(11)12-9(2,3)4;1-5(2)6(3,4)9-7-8-5/h9-10H,11H2,1-8H3;1H,7H2,2-5H3;7H,1-4H3/b10-9+;;. The molecule has 0 aliphatic carbocycles. The van der Waals surface area contributed by atoms with Gasteiger partial charge in [0.25, 0.3) is 0 Å². The summed E-state index contributed by atoms with van der Waals surface area (Å²) >= 11 is 0. The highest BCUT2D eigenvalue weighted by Crippen LogP contribution is 2.37. The van der Waals surface area contributed by atoms with Crippen LogP contribution in [0.5, 0.6) is 0 Å². The third-order valence-electron chi connectivity index (χ3n) is 6.97. The largest absolute Gasteiger partial charge is 0.486 e. The normalized spacial score (nSPS) is 19.7. The molecule has 0 saturated carbocycles. The van der Waals surface area contributed by atoms with Gasteiger partial charge >= 0.3 is 27.0 Å².